The Hall–Kier alpha value is -0.850. The van der Waals surface area contributed by atoms with E-state index in [4.69, 9.17) is 11.6 Å². The van der Waals surface area contributed by atoms with Crippen LogP contribution in [0.3, 0.4) is 0 Å². The molecule has 0 heterocycles. The van der Waals surface area contributed by atoms with Gasteiger partial charge in [0.25, 0.3) is 0 Å². The van der Waals surface area contributed by atoms with Crippen LogP contribution in [-0.4, -0.2) is 27.8 Å². The highest BCUT2D eigenvalue weighted by Gasteiger charge is 2.12. The second-order valence-electron chi connectivity index (χ2n) is 3.50. The normalized spacial score (nSPS) is 11.5. The van der Waals surface area contributed by atoms with Crippen LogP contribution in [0, 0.1) is 5.82 Å². The van der Waals surface area contributed by atoms with E-state index < -0.39 is 15.8 Å². The number of hydrogen-bond donors (Lipinski definition) is 2. The fourth-order valence-electron chi connectivity index (χ4n) is 1.23. The molecular formula is C10H14ClFN2O2S. The van der Waals surface area contributed by atoms with Crippen molar-refractivity contribution >= 4 is 27.3 Å². The minimum absolute atomic E-state index is 0.0410. The Kier molecular flexibility index (Phi) is 5.17. The molecule has 1 aromatic carbocycles. The zero-order chi connectivity index (χ0) is 12.9. The van der Waals surface area contributed by atoms with Crippen LogP contribution in [0.1, 0.15) is 6.42 Å². The summed E-state index contributed by atoms with van der Waals surface area (Å²) >= 11 is 5.76. The molecule has 0 fully saturated rings. The maximum Gasteiger partial charge on any atom is 0.232 e. The van der Waals surface area contributed by atoms with Crippen molar-refractivity contribution in [3.63, 3.8) is 0 Å². The molecule has 0 unspecified atom stereocenters. The first-order valence-electron chi connectivity index (χ1n) is 5.05. The predicted octanol–water partition coefficient (Wildman–Crippen LogP) is 1.83. The minimum Gasteiger partial charge on any atom is -0.320 e. The molecule has 2 N–H and O–H groups in total. The maximum absolute atomic E-state index is 12.9. The van der Waals surface area contributed by atoms with Gasteiger partial charge in [-0.05, 0) is 38.2 Å². The van der Waals surface area contributed by atoms with Gasteiger partial charge in [0.1, 0.15) is 5.82 Å². The van der Waals surface area contributed by atoms with Crippen LogP contribution in [-0.2, 0) is 10.0 Å². The Balaban J connectivity index is 2.72. The lowest BCUT2D eigenvalue weighted by atomic mass is 10.3. The molecule has 0 radical (unpaired) electrons. The summed E-state index contributed by atoms with van der Waals surface area (Å²) in [5.41, 5.74) is 0.0659. The molecule has 0 spiro atoms. The Morgan fingerprint density at radius 2 is 2.12 bits per heavy atom. The van der Waals surface area contributed by atoms with Gasteiger partial charge in [0, 0.05) is 0 Å². The summed E-state index contributed by atoms with van der Waals surface area (Å²) in [6.07, 6.45) is 0.471. The van der Waals surface area contributed by atoms with E-state index in [2.05, 4.69) is 10.0 Å². The lowest BCUT2D eigenvalue weighted by Crippen LogP contribution is -2.20. The first-order valence-corrected chi connectivity index (χ1v) is 7.08. The number of nitrogens with one attached hydrogen (secondary N) is 2. The number of anilines is 1. The van der Waals surface area contributed by atoms with Gasteiger partial charge in [-0.15, -0.1) is 0 Å². The molecule has 1 rings (SSSR count). The zero-order valence-electron chi connectivity index (χ0n) is 9.33. The van der Waals surface area contributed by atoms with Crippen LogP contribution in [0.5, 0.6) is 0 Å². The first-order chi connectivity index (χ1) is 7.94. The third kappa shape index (κ3) is 4.89. The van der Waals surface area contributed by atoms with Gasteiger partial charge in [-0.2, -0.15) is 0 Å². The highest BCUT2D eigenvalue weighted by Crippen LogP contribution is 2.23. The van der Waals surface area contributed by atoms with Crippen molar-refractivity contribution in [2.75, 3.05) is 24.1 Å². The van der Waals surface area contributed by atoms with Crippen LogP contribution in [0.2, 0.25) is 5.02 Å². The summed E-state index contributed by atoms with van der Waals surface area (Å²) < 4.78 is 38.4. The molecule has 0 aromatic heterocycles. The third-order valence-electron chi connectivity index (χ3n) is 2.03. The standard InChI is InChI=1S/C10H14ClFN2O2S/c1-13-5-2-6-17(15,16)14-10-7-8(12)3-4-9(10)11/h3-4,7,13-14H,2,5-6H2,1H3. The van der Waals surface area contributed by atoms with Gasteiger partial charge in [0.2, 0.25) is 10.0 Å². The molecule has 0 amide bonds. The van der Waals surface area contributed by atoms with Gasteiger partial charge in [0.05, 0.1) is 16.5 Å². The molecular weight excluding hydrogens is 267 g/mol. The van der Waals surface area contributed by atoms with E-state index in [0.717, 1.165) is 6.07 Å². The highest BCUT2D eigenvalue weighted by molar-refractivity contribution is 7.92. The number of halogens is 2. The van der Waals surface area contributed by atoms with E-state index in [-0.39, 0.29) is 16.5 Å². The van der Waals surface area contributed by atoms with Crippen LogP contribution < -0.4 is 10.0 Å². The summed E-state index contributed by atoms with van der Waals surface area (Å²) in [4.78, 5) is 0. The summed E-state index contributed by atoms with van der Waals surface area (Å²) in [5.74, 6) is -0.581. The lowest BCUT2D eigenvalue weighted by molar-refractivity contribution is 0.596. The molecule has 7 heteroatoms. The molecule has 0 aliphatic rings. The zero-order valence-corrected chi connectivity index (χ0v) is 10.9. The van der Waals surface area contributed by atoms with Crippen LogP contribution in [0.4, 0.5) is 10.1 Å². The topological polar surface area (TPSA) is 58.2 Å². The molecule has 96 valence electrons. The largest absolute Gasteiger partial charge is 0.320 e. The van der Waals surface area contributed by atoms with Gasteiger partial charge >= 0.3 is 0 Å². The second kappa shape index (κ2) is 6.18. The summed E-state index contributed by atoms with van der Waals surface area (Å²) in [6, 6.07) is 3.53. The molecule has 0 aliphatic carbocycles. The molecule has 0 aliphatic heterocycles. The predicted molar refractivity (Wildman–Crippen MR) is 67.4 cm³/mol. The van der Waals surface area contributed by atoms with Crippen LogP contribution >= 0.6 is 11.6 Å². The molecule has 1 aromatic rings. The van der Waals surface area contributed by atoms with Gasteiger partial charge in [-0.3, -0.25) is 4.72 Å². The average Bonchev–Trinajstić information content (AvgIpc) is 2.23. The van der Waals surface area contributed by atoms with Crippen molar-refractivity contribution in [1.82, 2.24) is 5.32 Å². The van der Waals surface area contributed by atoms with E-state index in [9.17, 15) is 12.8 Å². The minimum atomic E-state index is -3.49. The summed E-state index contributed by atoms with van der Waals surface area (Å²) in [6.45, 7) is 0.595. The second-order valence-corrected chi connectivity index (χ2v) is 5.75. The van der Waals surface area contributed by atoms with Gasteiger partial charge in [0.15, 0.2) is 0 Å². The molecule has 0 saturated carbocycles. The quantitative estimate of drug-likeness (QED) is 0.782. The number of benzene rings is 1. The Morgan fingerprint density at radius 1 is 1.41 bits per heavy atom. The number of hydrogen-bond acceptors (Lipinski definition) is 3. The maximum atomic E-state index is 12.9. The average molecular weight is 281 g/mol. The molecule has 4 nitrogen and oxygen atoms in total. The van der Waals surface area contributed by atoms with E-state index in [0.29, 0.717) is 13.0 Å². The van der Waals surface area contributed by atoms with Gasteiger partial charge < -0.3 is 5.32 Å². The Morgan fingerprint density at radius 3 is 2.76 bits per heavy atom. The monoisotopic (exact) mass is 280 g/mol. The van der Waals surface area contributed by atoms with Crippen molar-refractivity contribution in [2.45, 2.75) is 6.42 Å². The molecule has 0 bridgehead atoms. The van der Waals surface area contributed by atoms with E-state index in [1.54, 1.807) is 7.05 Å². The van der Waals surface area contributed by atoms with Gasteiger partial charge in [-0.1, -0.05) is 11.6 Å². The van der Waals surface area contributed by atoms with Gasteiger partial charge in [-0.25, -0.2) is 12.8 Å². The van der Waals surface area contributed by atoms with E-state index >= 15 is 0 Å². The molecule has 0 atom stereocenters. The number of sulfonamides is 1. The molecule has 17 heavy (non-hydrogen) atoms. The smallest absolute Gasteiger partial charge is 0.232 e. The summed E-state index contributed by atoms with van der Waals surface area (Å²) in [5, 5.41) is 3.02. The third-order valence-corrected chi connectivity index (χ3v) is 3.72. The fraction of sp³-hybridized carbons (Fsp3) is 0.400. The Bertz CT molecular complexity index is 479. The molecule has 0 saturated heterocycles. The van der Waals surface area contributed by atoms with Crippen LogP contribution in [0.25, 0.3) is 0 Å². The fourth-order valence-corrected chi connectivity index (χ4v) is 2.58. The summed E-state index contributed by atoms with van der Waals surface area (Å²) in [7, 11) is -1.75. The van der Waals surface area contributed by atoms with Crippen molar-refractivity contribution < 1.29 is 12.8 Å². The van der Waals surface area contributed by atoms with Crippen molar-refractivity contribution in [2.24, 2.45) is 0 Å². The van der Waals surface area contributed by atoms with Crippen molar-refractivity contribution in [3.05, 3.63) is 29.0 Å². The van der Waals surface area contributed by atoms with Crippen molar-refractivity contribution in [1.29, 1.82) is 0 Å². The highest BCUT2D eigenvalue weighted by atomic mass is 35.5. The van der Waals surface area contributed by atoms with Crippen molar-refractivity contribution in [3.8, 4) is 0 Å². The van der Waals surface area contributed by atoms with E-state index in [1.807, 2.05) is 0 Å². The Labute approximate surface area is 105 Å². The number of rotatable bonds is 6. The van der Waals surface area contributed by atoms with E-state index in [1.165, 1.54) is 12.1 Å². The first kappa shape index (κ1) is 14.2. The lowest BCUT2D eigenvalue weighted by Gasteiger charge is -2.09. The SMILES string of the molecule is CNCCCS(=O)(=O)Nc1cc(F)ccc1Cl. The van der Waals surface area contributed by atoms with Crippen LogP contribution in [0.15, 0.2) is 18.2 Å².